The van der Waals surface area contributed by atoms with Crippen molar-refractivity contribution >= 4 is 11.7 Å². The van der Waals surface area contributed by atoms with Crippen LogP contribution in [0.1, 0.15) is 27.7 Å². The van der Waals surface area contributed by atoms with Crippen molar-refractivity contribution in [1.29, 1.82) is 0 Å². The number of fused-ring (bicyclic) bond motifs is 1. The lowest BCUT2D eigenvalue weighted by atomic mass is 10.0. The Bertz CT molecular complexity index is 1070. The van der Waals surface area contributed by atoms with Gasteiger partial charge in [-0.1, -0.05) is 12.1 Å². The summed E-state index contributed by atoms with van der Waals surface area (Å²) in [5, 5.41) is 12.1. The minimum atomic E-state index is -1.09. The fourth-order valence-corrected chi connectivity index (χ4v) is 3.64. The number of aliphatic hydroxyl groups excluding tert-OH is 1. The lowest BCUT2D eigenvalue weighted by Crippen LogP contribution is -2.31. The van der Waals surface area contributed by atoms with Gasteiger partial charge in [0, 0.05) is 42.7 Å². The molecule has 0 fully saturated rings. The minimum Gasteiger partial charge on any atom is -0.394 e. The number of rotatable bonds is 5. The number of aromatic nitrogens is 2. The lowest BCUT2D eigenvalue weighted by molar-refractivity contribution is 0.0910. The van der Waals surface area contributed by atoms with E-state index in [4.69, 9.17) is 0 Å². The third-order valence-electron chi connectivity index (χ3n) is 5.18. The second kappa shape index (κ2) is 7.63. The zero-order chi connectivity index (χ0) is 20.5. The number of benzene rings is 1. The first-order valence-corrected chi connectivity index (χ1v) is 9.23. The molecule has 8 heteroatoms. The molecule has 0 spiro atoms. The van der Waals surface area contributed by atoms with Gasteiger partial charge in [-0.25, -0.2) is 13.8 Å². The highest BCUT2D eigenvalue weighted by atomic mass is 19.2. The molecular weight excluding hydrogens is 378 g/mol. The van der Waals surface area contributed by atoms with Gasteiger partial charge in [-0.2, -0.15) is 0 Å². The van der Waals surface area contributed by atoms with E-state index in [-0.39, 0.29) is 11.3 Å². The predicted molar refractivity (Wildman–Crippen MR) is 105 cm³/mol. The summed E-state index contributed by atoms with van der Waals surface area (Å²) in [6, 6.07) is 6.18. The van der Waals surface area contributed by atoms with Crippen molar-refractivity contribution in [3.63, 3.8) is 0 Å². The number of amides is 1. The van der Waals surface area contributed by atoms with E-state index in [1.54, 1.807) is 18.5 Å². The van der Waals surface area contributed by atoms with Crippen molar-refractivity contribution in [2.75, 3.05) is 25.1 Å². The van der Waals surface area contributed by atoms with Crippen molar-refractivity contribution in [3.05, 3.63) is 71.2 Å². The van der Waals surface area contributed by atoms with Gasteiger partial charge in [0.1, 0.15) is 11.5 Å². The molecule has 150 valence electrons. The summed E-state index contributed by atoms with van der Waals surface area (Å²) in [7, 11) is 1.99. The number of aliphatic hydroxyl groups is 1. The number of likely N-dealkylation sites (N-methyl/N-ethyl adjacent to an activating group) is 1. The molecule has 0 saturated heterocycles. The maximum absolute atomic E-state index is 14.0. The van der Waals surface area contributed by atoms with E-state index in [0.29, 0.717) is 0 Å². The number of pyridine rings is 1. The summed E-state index contributed by atoms with van der Waals surface area (Å²) in [5.41, 5.74) is 3.09. The molecule has 3 N–H and O–H groups in total. The largest absolute Gasteiger partial charge is 0.394 e. The Morgan fingerprint density at radius 2 is 2.21 bits per heavy atom. The number of anilines is 1. The van der Waals surface area contributed by atoms with Crippen LogP contribution in [0.25, 0.3) is 11.1 Å². The van der Waals surface area contributed by atoms with Crippen LogP contribution in [0.15, 0.2) is 42.7 Å². The zero-order valence-electron chi connectivity index (χ0n) is 15.7. The number of nitrogens with one attached hydrogen (secondary N) is 2. The quantitative estimate of drug-likeness (QED) is 0.617. The number of H-pyrrole nitrogens is 1. The molecule has 0 unspecified atom stereocenters. The van der Waals surface area contributed by atoms with Crippen LogP contribution >= 0.6 is 0 Å². The summed E-state index contributed by atoms with van der Waals surface area (Å²) in [4.78, 5) is 22.0. The van der Waals surface area contributed by atoms with Crippen LogP contribution < -0.4 is 10.2 Å². The zero-order valence-corrected chi connectivity index (χ0v) is 15.7. The Kier molecular flexibility index (Phi) is 5.02. The topological polar surface area (TPSA) is 81.2 Å². The van der Waals surface area contributed by atoms with Crippen LogP contribution in [0, 0.1) is 11.6 Å². The van der Waals surface area contributed by atoms with Gasteiger partial charge in [-0.15, -0.1) is 0 Å². The number of halogens is 2. The van der Waals surface area contributed by atoms with E-state index in [1.165, 1.54) is 12.1 Å². The maximum atomic E-state index is 14.0. The van der Waals surface area contributed by atoms with E-state index >= 15 is 0 Å². The molecule has 29 heavy (non-hydrogen) atoms. The van der Waals surface area contributed by atoms with Crippen molar-refractivity contribution in [2.24, 2.45) is 0 Å². The fourth-order valence-electron chi connectivity index (χ4n) is 3.64. The first kappa shape index (κ1) is 19.1. The molecule has 1 aromatic carbocycles. The molecule has 3 heterocycles. The molecule has 1 aliphatic rings. The molecule has 1 aliphatic heterocycles. The van der Waals surface area contributed by atoms with E-state index in [2.05, 4.69) is 20.2 Å². The predicted octanol–water partition coefficient (Wildman–Crippen LogP) is 2.81. The smallest absolute Gasteiger partial charge is 0.268 e. The highest BCUT2D eigenvalue weighted by molar-refractivity contribution is 5.94. The summed E-state index contributed by atoms with van der Waals surface area (Å²) in [6.07, 6.45) is 4.32. The van der Waals surface area contributed by atoms with Gasteiger partial charge < -0.3 is 20.3 Å². The van der Waals surface area contributed by atoms with Crippen molar-refractivity contribution in [3.8, 4) is 11.1 Å². The highest BCUT2D eigenvalue weighted by Gasteiger charge is 2.23. The normalized spacial score (nSPS) is 14.0. The van der Waals surface area contributed by atoms with Gasteiger partial charge >= 0.3 is 0 Å². The summed E-state index contributed by atoms with van der Waals surface area (Å²) < 4.78 is 27.5. The standard InChI is InChI=1S/C21H20F2N4O2/c1-27-8-6-14-13(5-7-24-20(14)27)12-9-17(25-10-12)21(29)26-18(11-28)15-3-2-4-16(22)19(15)23/h2-5,7,9-10,18,25,28H,6,8,11H2,1H3,(H,26,29)/t18-/m1/s1. The molecule has 2 aromatic heterocycles. The van der Waals surface area contributed by atoms with Crippen molar-refractivity contribution in [1.82, 2.24) is 15.3 Å². The third kappa shape index (κ3) is 3.47. The molecule has 4 rings (SSSR count). The average Bonchev–Trinajstić information content (AvgIpc) is 3.36. The molecule has 0 aliphatic carbocycles. The third-order valence-corrected chi connectivity index (χ3v) is 5.18. The molecule has 0 saturated carbocycles. The second-order valence-corrected chi connectivity index (χ2v) is 6.99. The van der Waals surface area contributed by atoms with E-state index in [9.17, 15) is 18.7 Å². The Labute approximate surface area is 166 Å². The molecule has 1 amide bonds. The number of hydrogen-bond donors (Lipinski definition) is 3. The second-order valence-electron chi connectivity index (χ2n) is 6.99. The Hall–Kier alpha value is -3.26. The first-order valence-electron chi connectivity index (χ1n) is 9.23. The molecular formula is C21H20F2N4O2. The maximum Gasteiger partial charge on any atom is 0.268 e. The van der Waals surface area contributed by atoms with Gasteiger partial charge in [-0.05, 0) is 30.2 Å². The lowest BCUT2D eigenvalue weighted by Gasteiger charge is -2.17. The van der Waals surface area contributed by atoms with Gasteiger partial charge in [0.25, 0.3) is 5.91 Å². The number of carbonyl (C=O) groups excluding carboxylic acids is 1. The van der Waals surface area contributed by atoms with E-state index < -0.39 is 30.2 Å². The average molecular weight is 398 g/mol. The summed E-state index contributed by atoms with van der Waals surface area (Å²) in [5.74, 6) is -1.72. The van der Waals surface area contributed by atoms with Gasteiger partial charge in [0.05, 0.1) is 12.6 Å². The van der Waals surface area contributed by atoms with Crippen LogP contribution in [-0.4, -0.2) is 41.2 Å². The number of carbonyl (C=O) groups is 1. The van der Waals surface area contributed by atoms with Gasteiger partial charge in [0.2, 0.25) is 0 Å². The molecule has 6 nitrogen and oxygen atoms in total. The van der Waals surface area contributed by atoms with Crippen LogP contribution in [0.4, 0.5) is 14.6 Å². The molecule has 3 aromatic rings. The van der Waals surface area contributed by atoms with Gasteiger partial charge in [-0.3, -0.25) is 4.79 Å². The van der Waals surface area contributed by atoms with Crippen molar-refractivity contribution < 1.29 is 18.7 Å². The van der Waals surface area contributed by atoms with Gasteiger partial charge in [0.15, 0.2) is 11.6 Å². The number of aromatic amines is 1. The number of hydrogen-bond acceptors (Lipinski definition) is 4. The van der Waals surface area contributed by atoms with E-state index in [1.807, 2.05) is 13.1 Å². The summed E-state index contributed by atoms with van der Waals surface area (Å²) in [6.45, 7) is 0.318. The van der Waals surface area contributed by atoms with Crippen molar-refractivity contribution in [2.45, 2.75) is 12.5 Å². The number of nitrogens with zero attached hydrogens (tertiary/aromatic N) is 2. The Morgan fingerprint density at radius 1 is 1.38 bits per heavy atom. The van der Waals surface area contributed by atoms with Crippen LogP contribution in [0.2, 0.25) is 0 Å². The first-order chi connectivity index (χ1) is 14.0. The SMILES string of the molecule is CN1CCc2c(-c3c[nH]c(C(=O)N[C@H](CO)c4cccc(F)c4F)c3)ccnc21. The fraction of sp³-hybridized carbons (Fsp3) is 0.238. The summed E-state index contributed by atoms with van der Waals surface area (Å²) >= 11 is 0. The molecule has 0 radical (unpaired) electrons. The Balaban J connectivity index is 1.57. The molecule has 1 atom stereocenters. The van der Waals surface area contributed by atoms with E-state index in [0.717, 1.165) is 41.5 Å². The van der Waals surface area contributed by atoms with Crippen LogP contribution in [0.3, 0.4) is 0 Å². The molecule has 0 bridgehead atoms. The van der Waals surface area contributed by atoms with Crippen LogP contribution in [0.5, 0.6) is 0 Å². The monoisotopic (exact) mass is 398 g/mol. The van der Waals surface area contributed by atoms with Crippen LogP contribution in [-0.2, 0) is 6.42 Å². The Morgan fingerprint density at radius 3 is 3.00 bits per heavy atom. The minimum absolute atomic E-state index is 0.109. The highest BCUT2D eigenvalue weighted by Crippen LogP contribution is 2.34.